The standard InChI is InChI=1S/C16H24N2O/c17-9-7-15(14-3-10-18-11-4-14)8-12-19-16(13-15)5-1-2-6-16/h3-4,10-11H,1-2,5-9,12-13,17H2/t15-/m1/s1. The quantitative estimate of drug-likeness (QED) is 0.909. The Balaban J connectivity index is 1.92. The van der Waals surface area contributed by atoms with Crippen LogP contribution in [0.25, 0.3) is 0 Å². The molecule has 1 aliphatic carbocycles. The van der Waals surface area contributed by atoms with E-state index in [1.807, 2.05) is 12.4 Å². The fourth-order valence-corrected chi connectivity index (χ4v) is 4.15. The van der Waals surface area contributed by atoms with Crippen LogP contribution in [0, 0.1) is 0 Å². The SMILES string of the molecule is NCC[C@@]1(c2ccncc2)CCOC2(CCCC2)C1. The minimum Gasteiger partial charge on any atom is -0.375 e. The van der Waals surface area contributed by atoms with Crippen LogP contribution in [0.15, 0.2) is 24.5 Å². The third-order valence-electron chi connectivity index (χ3n) is 5.08. The molecule has 1 spiro atoms. The van der Waals surface area contributed by atoms with Gasteiger partial charge in [-0.25, -0.2) is 0 Å². The van der Waals surface area contributed by atoms with Gasteiger partial charge in [-0.1, -0.05) is 12.8 Å². The van der Waals surface area contributed by atoms with Crippen LogP contribution >= 0.6 is 0 Å². The molecule has 0 aromatic carbocycles. The molecular weight excluding hydrogens is 236 g/mol. The normalized spacial score (nSPS) is 29.7. The van der Waals surface area contributed by atoms with Crippen LogP contribution in [0.3, 0.4) is 0 Å². The molecule has 3 nitrogen and oxygen atoms in total. The first-order valence-corrected chi connectivity index (χ1v) is 7.53. The third kappa shape index (κ3) is 2.41. The maximum absolute atomic E-state index is 6.19. The predicted molar refractivity (Wildman–Crippen MR) is 76.0 cm³/mol. The zero-order valence-electron chi connectivity index (χ0n) is 11.6. The van der Waals surface area contributed by atoms with Crippen LogP contribution in [0.5, 0.6) is 0 Å². The zero-order chi connectivity index (χ0) is 13.2. The molecular formula is C16H24N2O. The lowest BCUT2D eigenvalue weighted by Crippen LogP contribution is -2.46. The topological polar surface area (TPSA) is 48.1 Å². The molecule has 3 heteroatoms. The molecule has 1 saturated heterocycles. The summed E-state index contributed by atoms with van der Waals surface area (Å²) in [6, 6.07) is 4.34. The van der Waals surface area contributed by atoms with Gasteiger partial charge < -0.3 is 10.5 Å². The van der Waals surface area contributed by atoms with Gasteiger partial charge in [0.05, 0.1) is 5.60 Å². The molecule has 3 rings (SSSR count). The summed E-state index contributed by atoms with van der Waals surface area (Å²) >= 11 is 0. The summed E-state index contributed by atoms with van der Waals surface area (Å²) in [7, 11) is 0. The molecule has 2 heterocycles. The molecule has 0 bridgehead atoms. The van der Waals surface area contributed by atoms with Crippen molar-refractivity contribution in [1.82, 2.24) is 4.98 Å². The lowest BCUT2D eigenvalue weighted by Gasteiger charge is -2.47. The summed E-state index contributed by atoms with van der Waals surface area (Å²) in [5, 5.41) is 0. The number of hydrogen-bond acceptors (Lipinski definition) is 3. The number of nitrogens with zero attached hydrogens (tertiary/aromatic N) is 1. The van der Waals surface area contributed by atoms with Crippen molar-refractivity contribution < 1.29 is 4.74 Å². The predicted octanol–water partition coefficient (Wildman–Crippen LogP) is 2.79. The molecule has 0 radical (unpaired) electrons. The Hall–Kier alpha value is -0.930. The molecule has 1 aromatic heterocycles. The number of nitrogens with two attached hydrogens (primary N) is 1. The molecule has 0 amide bonds. The second-order valence-corrected chi connectivity index (χ2v) is 6.22. The van der Waals surface area contributed by atoms with Gasteiger partial charge in [0, 0.05) is 24.4 Å². The van der Waals surface area contributed by atoms with Crippen LogP contribution in [0.2, 0.25) is 0 Å². The minimum absolute atomic E-state index is 0.136. The van der Waals surface area contributed by atoms with Gasteiger partial charge in [-0.15, -0.1) is 0 Å². The Kier molecular flexibility index (Phi) is 3.59. The van der Waals surface area contributed by atoms with Gasteiger partial charge in [-0.2, -0.15) is 0 Å². The van der Waals surface area contributed by atoms with E-state index in [0.29, 0.717) is 0 Å². The van der Waals surface area contributed by atoms with E-state index < -0.39 is 0 Å². The van der Waals surface area contributed by atoms with E-state index in [0.717, 1.165) is 32.4 Å². The monoisotopic (exact) mass is 260 g/mol. The number of rotatable bonds is 3. The van der Waals surface area contributed by atoms with Crippen molar-refractivity contribution in [3.05, 3.63) is 30.1 Å². The Labute approximate surface area is 115 Å². The summed E-state index contributed by atoms with van der Waals surface area (Å²) in [5.41, 5.74) is 7.66. The van der Waals surface area contributed by atoms with E-state index in [4.69, 9.17) is 10.5 Å². The van der Waals surface area contributed by atoms with Crippen LogP contribution in [0.4, 0.5) is 0 Å². The average molecular weight is 260 g/mol. The van der Waals surface area contributed by atoms with Crippen molar-refractivity contribution in [2.45, 2.75) is 56.0 Å². The Morgan fingerprint density at radius 3 is 2.58 bits per heavy atom. The first kappa shape index (κ1) is 13.1. The van der Waals surface area contributed by atoms with Gasteiger partial charge in [0.1, 0.15) is 0 Å². The molecule has 2 aliphatic rings. The van der Waals surface area contributed by atoms with Crippen LogP contribution < -0.4 is 5.73 Å². The second-order valence-electron chi connectivity index (χ2n) is 6.22. The van der Waals surface area contributed by atoms with Gasteiger partial charge >= 0.3 is 0 Å². The van der Waals surface area contributed by atoms with Crippen LogP contribution in [-0.2, 0) is 10.2 Å². The maximum Gasteiger partial charge on any atom is 0.0691 e. The fourth-order valence-electron chi connectivity index (χ4n) is 4.15. The molecule has 1 aromatic rings. The van der Waals surface area contributed by atoms with Crippen molar-refractivity contribution in [2.75, 3.05) is 13.2 Å². The van der Waals surface area contributed by atoms with Gasteiger partial charge in [0.2, 0.25) is 0 Å². The molecule has 19 heavy (non-hydrogen) atoms. The number of ether oxygens (including phenoxy) is 1. The summed E-state index contributed by atoms with van der Waals surface area (Å²) in [6.45, 7) is 1.63. The molecule has 1 aliphatic heterocycles. The number of pyridine rings is 1. The second kappa shape index (κ2) is 5.22. The van der Waals surface area contributed by atoms with E-state index in [-0.39, 0.29) is 11.0 Å². The van der Waals surface area contributed by atoms with Crippen molar-refractivity contribution in [3.8, 4) is 0 Å². The van der Waals surface area contributed by atoms with Gasteiger partial charge in [-0.3, -0.25) is 4.98 Å². The molecule has 1 atom stereocenters. The van der Waals surface area contributed by atoms with E-state index in [1.54, 1.807) is 0 Å². The number of aromatic nitrogens is 1. The van der Waals surface area contributed by atoms with Gasteiger partial charge in [0.15, 0.2) is 0 Å². The van der Waals surface area contributed by atoms with Crippen molar-refractivity contribution in [2.24, 2.45) is 5.73 Å². The van der Waals surface area contributed by atoms with E-state index in [2.05, 4.69) is 17.1 Å². The van der Waals surface area contributed by atoms with Crippen molar-refractivity contribution in [1.29, 1.82) is 0 Å². The van der Waals surface area contributed by atoms with E-state index in [1.165, 1.54) is 31.2 Å². The summed E-state index contributed by atoms with van der Waals surface area (Å²) in [4.78, 5) is 4.16. The first-order chi connectivity index (χ1) is 9.29. The third-order valence-corrected chi connectivity index (χ3v) is 5.08. The zero-order valence-corrected chi connectivity index (χ0v) is 11.6. The molecule has 1 saturated carbocycles. The van der Waals surface area contributed by atoms with E-state index in [9.17, 15) is 0 Å². The summed E-state index contributed by atoms with van der Waals surface area (Å²) in [6.07, 6.45) is 12.2. The van der Waals surface area contributed by atoms with Crippen molar-refractivity contribution in [3.63, 3.8) is 0 Å². The highest BCUT2D eigenvalue weighted by molar-refractivity contribution is 5.25. The van der Waals surface area contributed by atoms with Gasteiger partial charge in [-0.05, 0) is 56.3 Å². The van der Waals surface area contributed by atoms with E-state index >= 15 is 0 Å². The molecule has 2 N–H and O–H groups in total. The summed E-state index contributed by atoms with van der Waals surface area (Å²) < 4.78 is 6.19. The lowest BCUT2D eigenvalue weighted by atomic mass is 9.66. The number of hydrogen-bond donors (Lipinski definition) is 1. The first-order valence-electron chi connectivity index (χ1n) is 7.53. The highest BCUT2D eigenvalue weighted by Crippen LogP contribution is 2.49. The molecule has 104 valence electrons. The smallest absolute Gasteiger partial charge is 0.0691 e. The lowest BCUT2D eigenvalue weighted by molar-refractivity contribution is -0.103. The maximum atomic E-state index is 6.19. The highest BCUT2D eigenvalue weighted by atomic mass is 16.5. The van der Waals surface area contributed by atoms with Gasteiger partial charge in [0.25, 0.3) is 0 Å². The average Bonchev–Trinajstić information content (AvgIpc) is 2.88. The highest BCUT2D eigenvalue weighted by Gasteiger charge is 2.47. The van der Waals surface area contributed by atoms with Crippen LogP contribution in [0.1, 0.15) is 50.5 Å². The van der Waals surface area contributed by atoms with Crippen molar-refractivity contribution >= 4 is 0 Å². The Morgan fingerprint density at radius 1 is 1.16 bits per heavy atom. The Morgan fingerprint density at radius 2 is 1.89 bits per heavy atom. The molecule has 2 fully saturated rings. The molecule has 0 unspecified atom stereocenters. The van der Waals surface area contributed by atoms with Crippen LogP contribution in [-0.4, -0.2) is 23.7 Å². The fraction of sp³-hybridized carbons (Fsp3) is 0.688. The summed E-state index contributed by atoms with van der Waals surface area (Å²) in [5.74, 6) is 0. The largest absolute Gasteiger partial charge is 0.375 e. The minimum atomic E-state index is 0.136. The Bertz CT molecular complexity index is 410.